The summed E-state index contributed by atoms with van der Waals surface area (Å²) in [6.07, 6.45) is 0. The molecule has 158 valence electrons. The lowest BCUT2D eigenvalue weighted by Gasteiger charge is -2.11. The maximum atomic E-state index is 13.2. The number of pyridine rings is 1. The number of carboxylic acid groups (broad SMARTS) is 3. The van der Waals surface area contributed by atoms with Crippen molar-refractivity contribution in [1.82, 2.24) is 14.4 Å². The highest BCUT2D eigenvalue weighted by molar-refractivity contribution is 6.21. The zero-order chi connectivity index (χ0) is 22.9. The SMILES string of the molecule is Cc1ccc(-c2nc3c(=O)c4cc(C(=O)O)[nH]c4c4c(C(=O)O)cc(C(=O)O)n2c34)cc1. The second-order valence-electron chi connectivity index (χ2n) is 7.37. The van der Waals surface area contributed by atoms with Crippen LogP contribution in [-0.2, 0) is 0 Å². The molecular weight excluding hydrogens is 418 g/mol. The molecule has 0 bridgehead atoms. The Morgan fingerprint density at radius 1 is 0.969 bits per heavy atom. The van der Waals surface area contributed by atoms with Gasteiger partial charge in [-0.1, -0.05) is 29.8 Å². The zero-order valence-corrected chi connectivity index (χ0v) is 16.3. The zero-order valence-electron chi connectivity index (χ0n) is 16.3. The predicted octanol–water partition coefficient (Wildman–Crippen LogP) is 2.84. The number of nitrogens with one attached hydrogen (secondary N) is 1. The number of hydrogen-bond donors (Lipinski definition) is 4. The summed E-state index contributed by atoms with van der Waals surface area (Å²) in [5.74, 6) is -4.02. The van der Waals surface area contributed by atoms with Crippen LogP contribution in [-0.4, -0.2) is 47.6 Å². The van der Waals surface area contributed by atoms with Crippen LogP contribution in [0.25, 0.3) is 38.7 Å². The number of aromatic nitrogens is 3. The third-order valence-corrected chi connectivity index (χ3v) is 5.42. The molecule has 10 nitrogen and oxygen atoms in total. The van der Waals surface area contributed by atoms with Crippen LogP contribution < -0.4 is 5.43 Å². The number of aromatic amines is 1. The Bertz CT molecular complexity index is 1680. The minimum Gasteiger partial charge on any atom is -0.478 e. The number of carbonyl (C=O) groups is 3. The highest BCUT2D eigenvalue weighted by Gasteiger charge is 2.28. The number of imidazole rings is 1. The van der Waals surface area contributed by atoms with Gasteiger partial charge in [0.15, 0.2) is 0 Å². The van der Waals surface area contributed by atoms with Gasteiger partial charge in [-0.2, -0.15) is 0 Å². The molecule has 3 heterocycles. The van der Waals surface area contributed by atoms with E-state index in [9.17, 15) is 34.5 Å². The monoisotopic (exact) mass is 431 g/mol. The van der Waals surface area contributed by atoms with Crippen molar-refractivity contribution in [3.63, 3.8) is 0 Å². The lowest BCUT2D eigenvalue weighted by Crippen LogP contribution is -2.12. The molecule has 0 radical (unpaired) electrons. The molecule has 0 aliphatic heterocycles. The highest BCUT2D eigenvalue weighted by atomic mass is 16.4. The molecule has 5 aromatic rings. The lowest BCUT2D eigenvalue weighted by molar-refractivity contribution is 0.0677. The summed E-state index contributed by atoms with van der Waals surface area (Å²) in [6.45, 7) is 1.88. The first-order chi connectivity index (χ1) is 15.2. The van der Waals surface area contributed by atoms with Crippen molar-refractivity contribution in [1.29, 1.82) is 0 Å². The molecule has 2 aromatic carbocycles. The normalized spacial score (nSPS) is 11.5. The lowest BCUT2D eigenvalue weighted by atomic mass is 10.0. The molecule has 5 rings (SSSR count). The Hall–Kier alpha value is -4.73. The van der Waals surface area contributed by atoms with E-state index >= 15 is 0 Å². The van der Waals surface area contributed by atoms with Gasteiger partial charge in [-0.05, 0) is 19.1 Å². The Balaban J connectivity index is 2.09. The van der Waals surface area contributed by atoms with Crippen molar-refractivity contribution in [3.05, 3.63) is 69.1 Å². The van der Waals surface area contributed by atoms with Crippen molar-refractivity contribution in [2.24, 2.45) is 0 Å². The van der Waals surface area contributed by atoms with E-state index in [1.165, 1.54) is 4.40 Å². The average molecular weight is 431 g/mol. The van der Waals surface area contributed by atoms with Gasteiger partial charge in [-0.3, -0.25) is 9.20 Å². The highest BCUT2D eigenvalue weighted by Crippen LogP contribution is 2.35. The molecule has 4 N–H and O–H groups in total. The summed E-state index contributed by atoms with van der Waals surface area (Å²) in [6, 6.07) is 9.13. The van der Waals surface area contributed by atoms with E-state index in [4.69, 9.17) is 0 Å². The van der Waals surface area contributed by atoms with E-state index in [1.54, 1.807) is 24.3 Å². The molecule has 0 aliphatic rings. The van der Waals surface area contributed by atoms with Gasteiger partial charge in [0.05, 0.1) is 22.0 Å². The Morgan fingerprint density at radius 3 is 2.25 bits per heavy atom. The number of carboxylic acids is 3. The largest absolute Gasteiger partial charge is 0.478 e. The van der Waals surface area contributed by atoms with Gasteiger partial charge >= 0.3 is 17.9 Å². The van der Waals surface area contributed by atoms with Crippen LogP contribution in [0, 0.1) is 6.92 Å². The average Bonchev–Trinajstić information content (AvgIpc) is 3.35. The Kier molecular flexibility index (Phi) is 3.84. The van der Waals surface area contributed by atoms with E-state index in [0.29, 0.717) is 5.56 Å². The quantitative estimate of drug-likeness (QED) is 0.338. The van der Waals surface area contributed by atoms with Crippen LogP contribution in [0.1, 0.15) is 36.9 Å². The molecule has 10 heteroatoms. The number of rotatable bonds is 4. The summed E-state index contributed by atoms with van der Waals surface area (Å²) in [5.41, 5.74) is -0.393. The number of aryl methyl sites for hydroxylation is 1. The van der Waals surface area contributed by atoms with Crippen LogP contribution in [0.4, 0.5) is 0 Å². The predicted molar refractivity (Wildman–Crippen MR) is 113 cm³/mol. The van der Waals surface area contributed by atoms with Crippen molar-refractivity contribution in [2.75, 3.05) is 0 Å². The van der Waals surface area contributed by atoms with Crippen LogP contribution in [0.15, 0.2) is 41.2 Å². The number of benzene rings is 2. The second-order valence-corrected chi connectivity index (χ2v) is 7.37. The summed E-state index contributed by atoms with van der Waals surface area (Å²) < 4.78 is 1.23. The minimum absolute atomic E-state index is 0.00500. The van der Waals surface area contributed by atoms with E-state index in [-0.39, 0.29) is 44.4 Å². The summed E-state index contributed by atoms with van der Waals surface area (Å²) in [5, 5.41) is 28.9. The van der Waals surface area contributed by atoms with Crippen molar-refractivity contribution in [3.8, 4) is 11.4 Å². The molecule has 0 aliphatic carbocycles. The van der Waals surface area contributed by atoms with Gasteiger partial charge in [0.25, 0.3) is 0 Å². The second kappa shape index (κ2) is 6.38. The molecule has 0 spiro atoms. The summed E-state index contributed by atoms with van der Waals surface area (Å²) in [4.78, 5) is 55.7. The topological polar surface area (TPSA) is 162 Å². The van der Waals surface area contributed by atoms with E-state index < -0.39 is 29.0 Å². The maximum absolute atomic E-state index is 13.2. The Morgan fingerprint density at radius 2 is 1.66 bits per heavy atom. The molecule has 32 heavy (non-hydrogen) atoms. The van der Waals surface area contributed by atoms with Gasteiger partial charge in [0.2, 0.25) is 5.43 Å². The number of aromatic carboxylic acids is 3. The number of hydrogen-bond acceptors (Lipinski definition) is 5. The summed E-state index contributed by atoms with van der Waals surface area (Å²) in [7, 11) is 0. The summed E-state index contributed by atoms with van der Waals surface area (Å²) >= 11 is 0. The van der Waals surface area contributed by atoms with Crippen molar-refractivity contribution in [2.45, 2.75) is 6.92 Å². The van der Waals surface area contributed by atoms with E-state index in [2.05, 4.69) is 9.97 Å². The maximum Gasteiger partial charge on any atom is 0.352 e. The number of nitrogens with zero attached hydrogens (tertiary/aromatic N) is 2. The molecular formula is C22H13N3O7. The van der Waals surface area contributed by atoms with Gasteiger partial charge in [-0.25, -0.2) is 19.4 Å². The smallest absolute Gasteiger partial charge is 0.352 e. The van der Waals surface area contributed by atoms with Gasteiger partial charge in [0, 0.05) is 10.9 Å². The molecule has 0 atom stereocenters. The number of fused-ring (bicyclic) bond motifs is 2. The van der Waals surface area contributed by atoms with Gasteiger partial charge in [-0.15, -0.1) is 0 Å². The fourth-order valence-electron chi connectivity index (χ4n) is 3.99. The molecule has 3 aromatic heterocycles. The standard InChI is InChI=1S/C22H13N3O7/c1-8-2-4-9(5-3-8)19-24-16-17-14(10(20(27)28)7-13(22(31)32)25(17)19)15-11(18(16)26)6-12(23-15)21(29)30/h2-7,23H,1H3,(H,27,28)(H,29,30)(H,31,32). The van der Waals surface area contributed by atoms with Crippen LogP contribution in [0.3, 0.4) is 0 Å². The van der Waals surface area contributed by atoms with Crippen LogP contribution in [0.5, 0.6) is 0 Å². The molecule has 0 fully saturated rings. The molecule has 0 saturated carbocycles. The fourth-order valence-corrected chi connectivity index (χ4v) is 3.99. The minimum atomic E-state index is -1.43. The van der Waals surface area contributed by atoms with Crippen molar-refractivity contribution >= 4 is 45.2 Å². The van der Waals surface area contributed by atoms with Crippen molar-refractivity contribution < 1.29 is 29.7 Å². The first kappa shape index (κ1) is 19.2. The number of H-pyrrole nitrogens is 1. The van der Waals surface area contributed by atoms with Crippen LogP contribution in [0.2, 0.25) is 0 Å². The first-order valence-electron chi connectivity index (χ1n) is 9.33. The molecule has 0 unspecified atom stereocenters. The van der Waals surface area contributed by atoms with E-state index in [0.717, 1.165) is 17.7 Å². The Labute approximate surface area is 177 Å². The third kappa shape index (κ3) is 2.49. The fraction of sp³-hybridized carbons (Fsp3) is 0.0455. The molecule has 0 amide bonds. The third-order valence-electron chi connectivity index (χ3n) is 5.42. The van der Waals surface area contributed by atoms with Gasteiger partial charge < -0.3 is 20.3 Å². The molecule has 0 saturated heterocycles. The first-order valence-corrected chi connectivity index (χ1v) is 9.33. The van der Waals surface area contributed by atoms with Gasteiger partial charge in [0.1, 0.15) is 22.7 Å². The van der Waals surface area contributed by atoms with Crippen LogP contribution >= 0.6 is 0 Å². The van der Waals surface area contributed by atoms with E-state index in [1.807, 2.05) is 6.92 Å².